The molecule has 3 amide bonds. The van der Waals surface area contributed by atoms with Gasteiger partial charge < -0.3 is 5.32 Å². The van der Waals surface area contributed by atoms with Gasteiger partial charge in [-0.15, -0.1) is 0 Å². The van der Waals surface area contributed by atoms with Gasteiger partial charge in [-0.05, 0) is 18.6 Å². The van der Waals surface area contributed by atoms with Crippen LogP contribution >= 0.6 is 0 Å². The number of nitrogens with zero attached hydrogens (tertiary/aromatic N) is 2. The molecule has 0 aliphatic carbocycles. The minimum atomic E-state index is -0.637. The van der Waals surface area contributed by atoms with Crippen molar-refractivity contribution >= 4 is 23.4 Å². The molecule has 0 bridgehead atoms. The monoisotopic (exact) mass is 302 g/mol. The largest absolute Gasteiger partial charge is 0.388 e. The summed E-state index contributed by atoms with van der Waals surface area (Å²) in [7, 11) is 3.59. The Kier molecular flexibility index (Phi) is 3.58. The number of imide groups is 1. The van der Waals surface area contributed by atoms with E-state index >= 15 is 0 Å². The Hall–Kier alpha value is -2.41. The van der Waals surface area contributed by atoms with Crippen molar-refractivity contribution in [3.8, 4) is 0 Å². The lowest BCUT2D eigenvalue weighted by Crippen LogP contribution is -2.60. The summed E-state index contributed by atoms with van der Waals surface area (Å²) in [5.41, 5.74) is 2.41. The van der Waals surface area contributed by atoms with E-state index in [9.17, 15) is 14.4 Å². The first-order chi connectivity index (χ1) is 10.5. The summed E-state index contributed by atoms with van der Waals surface area (Å²) in [6.45, 7) is 0.524. The molecule has 116 valence electrons. The van der Waals surface area contributed by atoms with Crippen LogP contribution in [0.15, 0.2) is 18.2 Å². The van der Waals surface area contributed by atoms with E-state index in [4.69, 9.17) is 0 Å². The molecule has 3 rings (SSSR count). The summed E-state index contributed by atoms with van der Waals surface area (Å²) < 4.78 is 0. The molecule has 1 aromatic carbocycles. The number of amides is 3. The molecule has 0 aromatic heterocycles. The minimum absolute atomic E-state index is 0.213. The van der Waals surface area contributed by atoms with Crippen LogP contribution in [0.5, 0.6) is 0 Å². The zero-order valence-electron chi connectivity index (χ0n) is 12.5. The molecule has 2 heterocycles. The Labute approximate surface area is 128 Å². The van der Waals surface area contributed by atoms with E-state index in [-0.39, 0.29) is 18.2 Å². The van der Waals surface area contributed by atoms with Gasteiger partial charge in [-0.1, -0.05) is 6.07 Å². The molecule has 7 nitrogen and oxygen atoms in total. The topological polar surface area (TPSA) is 81.8 Å². The third kappa shape index (κ3) is 2.23. The predicted octanol–water partition coefficient (Wildman–Crippen LogP) is 0.336. The van der Waals surface area contributed by atoms with Crippen molar-refractivity contribution in [3.05, 3.63) is 29.3 Å². The van der Waals surface area contributed by atoms with Crippen LogP contribution in [0, 0.1) is 0 Å². The Bertz CT molecular complexity index is 658. The van der Waals surface area contributed by atoms with Crippen molar-refractivity contribution in [1.29, 1.82) is 0 Å². The van der Waals surface area contributed by atoms with Crippen LogP contribution in [0.4, 0.5) is 5.69 Å². The quantitative estimate of drug-likeness (QED) is 0.770. The molecule has 1 unspecified atom stereocenters. The number of piperidine rings is 1. The summed E-state index contributed by atoms with van der Waals surface area (Å²) in [6, 6.07) is 4.87. The van der Waals surface area contributed by atoms with Gasteiger partial charge in [0, 0.05) is 43.9 Å². The number of hydrazine groups is 1. The van der Waals surface area contributed by atoms with Gasteiger partial charge in [0.1, 0.15) is 6.04 Å². The lowest BCUT2D eigenvalue weighted by Gasteiger charge is -2.42. The van der Waals surface area contributed by atoms with Crippen LogP contribution in [0.3, 0.4) is 0 Å². The smallest absolute Gasteiger partial charge is 0.269 e. The Morgan fingerprint density at radius 1 is 1.27 bits per heavy atom. The second kappa shape index (κ2) is 5.42. The maximum absolute atomic E-state index is 12.8. The van der Waals surface area contributed by atoms with Gasteiger partial charge in [-0.2, -0.15) is 0 Å². The normalized spacial score (nSPS) is 22.4. The van der Waals surface area contributed by atoms with Crippen molar-refractivity contribution in [2.45, 2.75) is 25.4 Å². The standard InChI is InChI=1S/C15H18N4O3/c1-16-11-5-3-4-9-10(11)8-18(2)19(15(9)22)12-6-7-13(20)17-14(12)21/h3-5,12,16H,6-8H2,1-2H3,(H,17,20,21). The number of nitrogens with one attached hydrogen (secondary N) is 2. The fourth-order valence-corrected chi connectivity index (χ4v) is 3.07. The van der Waals surface area contributed by atoms with Crippen LogP contribution < -0.4 is 10.6 Å². The number of hydrogen-bond acceptors (Lipinski definition) is 5. The van der Waals surface area contributed by atoms with Gasteiger partial charge in [-0.25, -0.2) is 5.01 Å². The van der Waals surface area contributed by atoms with Gasteiger partial charge in [0.15, 0.2) is 0 Å². The maximum atomic E-state index is 12.8. The molecule has 2 aliphatic heterocycles. The van der Waals surface area contributed by atoms with Gasteiger partial charge in [0.25, 0.3) is 11.8 Å². The first kappa shape index (κ1) is 14.5. The van der Waals surface area contributed by atoms with Gasteiger partial charge in [-0.3, -0.25) is 24.7 Å². The average molecular weight is 302 g/mol. The van der Waals surface area contributed by atoms with Gasteiger partial charge >= 0.3 is 0 Å². The van der Waals surface area contributed by atoms with Crippen LogP contribution in [-0.2, 0) is 16.1 Å². The third-order valence-corrected chi connectivity index (χ3v) is 4.14. The SMILES string of the molecule is CNc1cccc2c1CN(C)N(C1CCC(=O)NC1=O)C2=O. The molecular weight excluding hydrogens is 284 g/mol. The highest BCUT2D eigenvalue weighted by Gasteiger charge is 2.40. The van der Waals surface area contributed by atoms with Crippen LogP contribution in [0.1, 0.15) is 28.8 Å². The lowest BCUT2D eigenvalue weighted by atomic mass is 9.99. The molecule has 22 heavy (non-hydrogen) atoms. The van der Waals surface area contributed by atoms with E-state index < -0.39 is 11.9 Å². The summed E-state index contributed by atoms with van der Waals surface area (Å²) in [5.74, 6) is -0.911. The number of carbonyl (C=O) groups is 3. The van der Waals surface area contributed by atoms with E-state index in [2.05, 4.69) is 10.6 Å². The first-order valence-electron chi connectivity index (χ1n) is 7.21. The van der Waals surface area contributed by atoms with Crippen LogP contribution in [0.2, 0.25) is 0 Å². The molecule has 7 heteroatoms. The molecule has 0 radical (unpaired) electrons. The lowest BCUT2D eigenvalue weighted by molar-refractivity contribution is -0.142. The Morgan fingerprint density at radius 3 is 2.73 bits per heavy atom. The minimum Gasteiger partial charge on any atom is -0.388 e. The highest BCUT2D eigenvalue weighted by atomic mass is 16.2. The molecule has 1 fully saturated rings. The Balaban J connectivity index is 1.96. The first-order valence-corrected chi connectivity index (χ1v) is 7.21. The van der Waals surface area contributed by atoms with Crippen molar-refractivity contribution in [3.63, 3.8) is 0 Å². The second-order valence-electron chi connectivity index (χ2n) is 5.51. The van der Waals surface area contributed by atoms with E-state index in [1.807, 2.05) is 19.2 Å². The maximum Gasteiger partial charge on any atom is 0.269 e. The van der Waals surface area contributed by atoms with E-state index in [0.717, 1.165) is 11.3 Å². The van der Waals surface area contributed by atoms with Crippen molar-refractivity contribution in [1.82, 2.24) is 15.3 Å². The van der Waals surface area contributed by atoms with E-state index in [1.165, 1.54) is 5.01 Å². The number of carbonyl (C=O) groups excluding carboxylic acids is 3. The highest BCUT2D eigenvalue weighted by molar-refractivity contribution is 6.04. The molecule has 2 aliphatic rings. The Morgan fingerprint density at radius 2 is 2.05 bits per heavy atom. The predicted molar refractivity (Wildman–Crippen MR) is 79.8 cm³/mol. The number of hydrogen-bond donors (Lipinski definition) is 2. The van der Waals surface area contributed by atoms with Crippen LogP contribution in [0.25, 0.3) is 0 Å². The molecule has 1 saturated heterocycles. The molecule has 2 N–H and O–H groups in total. The van der Waals surface area contributed by atoms with Crippen molar-refractivity contribution in [2.24, 2.45) is 0 Å². The number of anilines is 1. The van der Waals surface area contributed by atoms with E-state index in [0.29, 0.717) is 18.5 Å². The summed E-state index contributed by atoms with van der Waals surface area (Å²) >= 11 is 0. The summed E-state index contributed by atoms with van der Waals surface area (Å²) in [6.07, 6.45) is 0.596. The molecule has 1 aromatic rings. The van der Waals surface area contributed by atoms with Crippen LogP contribution in [-0.4, -0.2) is 47.9 Å². The molecule has 0 spiro atoms. The summed E-state index contributed by atoms with van der Waals surface area (Å²) in [5, 5.41) is 8.59. The van der Waals surface area contributed by atoms with Crippen molar-refractivity contribution < 1.29 is 14.4 Å². The number of benzene rings is 1. The molecular formula is C15H18N4O3. The fourth-order valence-electron chi connectivity index (χ4n) is 3.07. The summed E-state index contributed by atoms with van der Waals surface area (Å²) in [4.78, 5) is 36.2. The van der Waals surface area contributed by atoms with E-state index in [1.54, 1.807) is 18.1 Å². The zero-order chi connectivity index (χ0) is 15.9. The second-order valence-corrected chi connectivity index (χ2v) is 5.51. The van der Waals surface area contributed by atoms with Gasteiger partial charge in [0.2, 0.25) is 5.91 Å². The van der Waals surface area contributed by atoms with Gasteiger partial charge in [0.05, 0.1) is 0 Å². The van der Waals surface area contributed by atoms with Crippen molar-refractivity contribution in [2.75, 3.05) is 19.4 Å². The zero-order valence-corrected chi connectivity index (χ0v) is 12.5. The third-order valence-electron chi connectivity index (χ3n) is 4.14. The number of rotatable bonds is 2. The molecule has 1 atom stereocenters. The fraction of sp³-hybridized carbons (Fsp3) is 0.400. The highest BCUT2D eigenvalue weighted by Crippen LogP contribution is 2.30. The number of fused-ring (bicyclic) bond motifs is 1. The molecule has 0 saturated carbocycles. The average Bonchev–Trinajstić information content (AvgIpc) is 2.49.